The molecule has 2 heterocycles. The number of hydrogen-bond acceptors (Lipinski definition) is 3. The van der Waals surface area contributed by atoms with Crippen molar-refractivity contribution in [3.8, 4) is 0 Å². The number of imidazole rings is 1. The summed E-state index contributed by atoms with van der Waals surface area (Å²) in [7, 11) is 0. The first-order chi connectivity index (χ1) is 8.31. The topological polar surface area (TPSA) is 50.2 Å². The minimum atomic E-state index is 0.00861. The van der Waals surface area contributed by atoms with Crippen LogP contribution in [0.1, 0.15) is 13.3 Å². The van der Waals surface area contributed by atoms with Crippen molar-refractivity contribution in [3.63, 3.8) is 0 Å². The van der Waals surface area contributed by atoms with Crippen LogP contribution in [0.2, 0.25) is 0 Å². The monoisotopic (exact) mass is 230 g/mol. The van der Waals surface area contributed by atoms with Crippen LogP contribution in [0.15, 0.2) is 24.3 Å². The first kappa shape index (κ1) is 10.1. The molecular formula is C12H14N4O. The molecule has 0 saturated carbocycles. The number of carbonyl (C=O) groups excluding carboxylic acids is 1. The molecule has 1 N–H and O–H groups in total. The molecule has 1 aromatic carbocycles. The second kappa shape index (κ2) is 3.76. The SMILES string of the molecule is CCCN1CNc2nc3ccccc3n2C1=O. The predicted octanol–water partition coefficient (Wildman–Crippen LogP) is 2.10. The Kier molecular flexibility index (Phi) is 2.24. The molecule has 1 aliphatic heterocycles. The maximum Gasteiger partial charge on any atom is 0.332 e. The quantitative estimate of drug-likeness (QED) is 0.859. The minimum Gasteiger partial charge on any atom is -0.338 e. The Hall–Kier alpha value is -2.04. The fourth-order valence-electron chi connectivity index (χ4n) is 2.16. The molecule has 0 radical (unpaired) electrons. The van der Waals surface area contributed by atoms with Gasteiger partial charge in [-0.15, -0.1) is 0 Å². The van der Waals surface area contributed by atoms with E-state index in [9.17, 15) is 4.79 Å². The highest BCUT2D eigenvalue weighted by Crippen LogP contribution is 2.23. The number of hydrogen-bond donors (Lipinski definition) is 1. The van der Waals surface area contributed by atoms with Crippen LogP contribution in [-0.2, 0) is 0 Å². The van der Waals surface area contributed by atoms with Crippen molar-refractivity contribution in [2.24, 2.45) is 0 Å². The maximum absolute atomic E-state index is 12.3. The zero-order valence-corrected chi connectivity index (χ0v) is 9.68. The molecule has 88 valence electrons. The molecule has 3 rings (SSSR count). The van der Waals surface area contributed by atoms with E-state index in [1.54, 1.807) is 9.47 Å². The minimum absolute atomic E-state index is 0.00861. The van der Waals surface area contributed by atoms with Gasteiger partial charge >= 0.3 is 6.03 Å². The van der Waals surface area contributed by atoms with E-state index in [1.165, 1.54) is 0 Å². The van der Waals surface area contributed by atoms with Gasteiger partial charge in [-0.2, -0.15) is 0 Å². The second-order valence-corrected chi connectivity index (χ2v) is 4.14. The Balaban J connectivity index is 2.12. The van der Waals surface area contributed by atoms with Crippen LogP contribution >= 0.6 is 0 Å². The number of anilines is 1. The van der Waals surface area contributed by atoms with Gasteiger partial charge in [0.05, 0.1) is 17.7 Å². The number of nitrogens with one attached hydrogen (secondary N) is 1. The molecule has 0 fully saturated rings. The number of para-hydroxylation sites is 2. The third kappa shape index (κ3) is 1.46. The third-order valence-electron chi connectivity index (χ3n) is 2.94. The van der Waals surface area contributed by atoms with Gasteiger partial charge < -0.3 is 10.2 Å². The van der Waals surface area contributed by atoms with Crippen LogP contribution in [0.25, 0.3) is 11.0 Å². The smallest absolute Gasteiger partial charge is 0.332 e. The molecule has 1 aromatic heterocycles. The fourth-order valence-corrected chi connectivity index (χ4v) is 2.16. The lowest BCUT2D eigenvalue weighted by Crippen LogP contribution is -2.43. The number of benzene rings is 1. The summed E-state index contributed by atoms with van der Waals surface area (Å²) in [5, 5.41) is 3.17. The predicted molar refractivity (Wildman–Crippen MR) is 66.0 cm³/mol. The van der Waals surface area contributed by atoms with Crippen LogP contribution in [0.3, 0.4) is 0 Å². The number of nitrogens with zero attached hydrogens (tertiary/aromatic N) is 3. The molecule has 5 heteroatoms. The van der Waals surface area contributed by atoms with Crippen molar-refractivity contribution < 1.29 is 4.79 Å². The molecule has 0 spiro atoms. The van der Waals surface area contributed by atoms with Crippen molar-refractivity contribution in [3.05, 3.63) is 24.3 Å². The summed E-state index contributed by atoms with van der Waals surface area (Å²) in [5.41, 5.74) is 1.71. The number of amides is 1. The van der Waals surface area contributed by atoms with Crippen molar-refractivity contribution in [2.45, 2.75) is 13.3 Å². The Bertz CT molecular complexity index is 575. The molecule has 2 aromatic rings. The summed E-state index contributed by atoms with van der Waals surface area (Å²) >= 11 is 0. The zero-order chi connectivity index (χ0) is 11.8. The largest absolute Gasteiger partial charge is 0.338 e. The van der Waals surface area contributed by atoms with Crippen molar-refractivity contribution in [2.75, 3.05) is 18.5 Å². The standard InChI is InChI=1S/C12H14N4O/c1-2-7-15-8-13-11-14-9-5-3-4-6-10(9)16(11)12(15)17/h3-6H,2,7-8H2,1H3,(H,13,14). The summed E-state index contributed by atoms with van der Waals surface area (Å²) < 4.78 is 1.65. The number of carbonyl (C=O) groups is 1. The van der Waals surface area contributed by atoms with Crippen LogP contribution in [0, 0.1) is 0 Å². The van der Waals surface area contributed by atoms with Crippen LogP contribution in [0.5, 0.6) is 0 Å². The molecule has 1 amide bonds. The van der Waals surface area contributed by atoms with Gasteiger partial charge in [0.2, 0.25) is 5.95 Å². The maximum atomic E-state index is 12.3. The van der Waals surface area contributed by atoms with Crippen LogP contribution in [0.4, 0.5) is 10.7 Å². The highest BCUT2D eigenvalue weighted by atomic mass is 16.2. The molecule has 0 saturated heterocycles. The van der Waals surface area contributed by atoms with Gasteiger partial charge in [0.1, 0.15) is 0 Å². The Morgan fingerprint density at radius 3 is 3.06 bits per heavy atom. The summed E-state index contributed by atoms with van der Waals surface area (Å²) in [6.45, 7) is 3.36. The van der Waals surface area contributed by atoms with E-state index in [-0.39, 0.29) is 6.03 Å². The fraction of sp³-hybridized carbons (Fsp3) is 0.333. The van der Waals surface area contributed by atoms with Gasteiger partial charge in [0.15, 0.2) is 0 Å². The van der Waals surface area contributed by atoms with E-state index in [0.29, 0.717) is 12.6 Å². The Morgan fingerprint density at radius 1 is 1.41 bits per heavy atom. The normalized spacial score (nSPS) is 14.9. The van der Waals surface area contributed by atoms with Gasteiger partial charge in [-0.25, -0.2) is 14.3 Å². The first-order valence-electron chi connectivity index (χ1n) is 5.82. The zero-order valence-electron chi connectivity index (χ0n) is 9.68. The van der Waals surface area contributed by atoms with Crippen molar-refractivity contribution in [1.82, 2.24) is 14.5 Å². The first-order valence-corrected chi connectivity index (χ1v) is 5.82. The van der Waals surface area contributed by atoms with E-state index < -0.39 is 0 Å². The van der Waals surface area contributed by atoms with Crippen molar-refractivity contribution in [1.29, 1.82) is 0 Å². The van der Waals surface area contributed by atoms with E-state index in [0.717, 1.165) is 24.0 Å². The Labute approximate surface area is 99.0 Å². The Morgan fingerprint density at radius 2 is 2.24 bits per heavy atom. The lowest BCUT2D eigenvalue weighted by atomic mass is 10.3. The van der Waals surface area contributed by atoms with E-state index in [2.05, 4.69) is 17.2 Å². The summed E-state index contributed by atoms with van der Waals surface area (Å²) in [6.07, 6.45) is 0.954. The molecule has 1 aliphatic rings. The molecule has 17 heavy (non-hydrogen) atoms. The lowest BCUT2D eigenvalue weighted by Gasteiger charge is -2.28. The van der Waals surface area contributed by atoms with Gasteiger partial charge in [0.25, 0.3) is 0 Å². The van der Waals surface area contributed by atoms with Crippen LogP contribution in [-0.4, -0.2) is 33.7 Å². The number of fused-ring (bicyclic) bond motifs is 3. The number of rotatable bonds is 2. The van der Waals surface area contributed by atoms with Crippen LogP contribution < -0.4 is 5.32 Å². The van der Waals surface area contributed by atoms with Gasteiger partial charge in [-0.3, -0.25) is 0 Å². The average Bonchev–Trinajstić information content (AvgIpc) is 2.72. The molecule has 0 bridgehead atoms. The van der Waals surface area contributed by atoms with Gasteiger partial charge in [-0.1, -0.05) is 19.1 Å². The lowest BCUT2D eigenvalue weighted by molar-refractivity contribution is 0.200. The molecule has 0 atom stereocenters. The molecule has 5 nitrogen and oxygen atoms in total. The van der Waals surface area contributed by atoms with Crippen molar-refractivity contribution >= 4 is 23.0 Å². The van der Waals surface area contributed by atoms with E-state index >= 15 is 0 Å². The average molecular weight is 230 g/mol. The molecular weight excluding hydrogens is 216 g/mol. The van der Waals surface area contributed by atoms with Gasteiger partial charge in [0, 0.05) is 6.54 Å². The highest BCUT2D eigenvalue weighted by molar-refractivity contribution is 5.94. The van der Waals surface area contributed by atoms with E-state index in [1.807, 2.05) is 24.3 Å². The van der Waals surface area contributed by atoms with Gasteiger partial charge in [-0.05, 0) is 18.6 Å². The summed E-state index contributed by atoms with van der Waals surface area (Å²) in [6, 6.07) is 7.69. The molecule has 0 aliphatic carbocycles. The third-order valence-corrected chi connectivity index (χ3v) is 2.94. The van der Waals surface area contributed by atoms with E-state index in [4.69, 9.17) is 0 Å². The summed E-state index contributed by atoms with van der Waals surface area (Å²) in [4.78, 5) is 18.5. The number of aromatic nitrogens is 2. The second-order valence-electron chi connectivity index (χ2n) is 4.14. The highest BCUT2D eigenvalue weighted by Gasteiger charge is 2.25. The summed E-state index contributed by atoms with van der Waals surface area (Å²) in [5.74, 6) is 0.642. The molecule has 0 unspecified atom stereocenters.